The number of carboxylic acids is 1. The highest BCUT2D eigenvalue weighted by Crippen LogP contribution is 2.30. The average Bonchev–Trinajstić information content (AvgIpc) is 2.45. The predicted molar refractivity (Wildman–Crippen MR) is 78.7 cm³/mol. The van der Waals surface area contributed by atoms with E-state index >= 15 is 0 Å². The first-order valence-corrected chi connectivity index (χ1v) is 7.31. The summed E-state index contributed by atoms with van der Waals surface area (Å²) in [5.41, 5.74) is -0.451. The van der Waals surface area contributed by atoms with E-state index in [-0.39, 0.29) is 27.8 Å². The van der Waals surface area contributed by atoms with Crippen molar-refractivity contribution in [2.45, 2.75) is 18.7 Å². The highest BCUT2D eigenvalue weighted by molar-refractivity contribution is 8.00. The Morgan fingerprint density at radius 3 is 2.43 bits per heavy atom. The standard InChI is InChI=1S/C13H16N2O5S/c1-3-14(4-2)12(16)8-21-11-6-5-9(13(17)18)7-10(11)15(19)20/h5-7H,3-4,8H2,1-2H3,(H,17,18). The fraction of sp³-hybridized carbons (Fsp3) is 0.385. The molecule has 1 aromatic carbocycles. The van der Waals surface area contributed by atoms with Crippen molar-refractivity contribution in [2.24, 2.45) is 0 Å². The summed E-state index contributed by atoms with van der Waals surface area (Å²) in [6.07, 6.45) is 0. The molecule has 114 valence electrons. The monoisotopic (exact) mass is 312 g/mol. The summed E-state index contributed by atoms with van der Waals surface area (Å²) in [6, 6.07) is 3.66. The van der Waals surface area contributed by atoms with Gasteiger partial charge in [-0.1, -0.05) is 0 Å². The second-order valence-electron chi connectivity index (χ2n) is 4.10. The van der Waals surface area contributed by atoms with Crippen LogP contribution >= 0.6 is 11.8 Å². The summed E-state index contributed by atoms with van der Waals surface area (Å²) in [6.45, 7) is 4.87. The number of hydrogen-bond acceptors (Lipinski definition) is 5. The van der Waals surface area contributed by atoms with E-state index in [9.17, 15) is 19.7 Å². The van der Waals surface area contributed by atoms with Gasteiger partial charge in [-0.2, -0.15) is 0 Å². The van der Waals surface area contributed by atoms with Crippen molar-refractivity contribution in [3.8, 4) is 0 Å². The molecule has 0 aliphatic rings. The SMILES string of the molecule is CCN(CC)C(=O)CSc1ccc(C(=O)O)cc1[N+](=O)[O-]. The lowest BCUT2D eigenvalue weighted by atomic mass is 10.2. The van der Waals surface area contributed by atoms with Crippen LogP contribution in [0.5, 0.6) is 0 Å². The first-order chi connectivity index (χ1) is 9.90. The van der Waals surface area contributed by atoms with Gasteiger partial charge in [-0.15, -0.1) is 11.8 Å². The highest BCUT2D eigenvalue weighted by atomic mass is 32.2. The fourth-order valence-electron chi connectivity index (χ4n) is 1.72. The molecule has 1 aromatic rings. The van der Waals surface area contributed by atoms with Crippen LogP contribution in [-0.4, -0.2) is 45.6 Å². The van der Waals surface area contributed by atoms with E-state index in [4.69, 9.17) is 5.11 Å². The van der Waals surface area contributed by atoms with Gasteiger partial charge in [0.15, 0.2) is 0 Å². The Labute approximate surface area is 126 Å². The quantitative estimate of drug-likeness (QED) is 0.471. The topological polar surface area (TPSA) is 101 Å². The molecule has 8 heteroatoms. The Balaban J connectivity index is 2.91. The van der Waals surface area contributed by atoms with Gasteiger partial charge < -0.3 is 10.0 Å². The summed E-state index contributed by atoms with van der Waals surface area (Å²) < 4.78 is 0. The molecule has 0 atom stereocenters. The number of nitro benzene ring substituents is 1. The summed E-state index contributed by atoms with van der Waals surface area (Å²) in [4.78, 5) is 35.0. The fourth-order valence-corrected chi connectivity index (χ4v) is 2.63. The third kappa shape index (κ3) is 4.45. The van der Waals surface area contributed by atoms with Gasteiger partial charge >= 0.3 is 5.97 Å². The van der Waals surface area contributed by atoms with Gasteiger partial charge in [0.05, 0.1) is 21.1 Å². The summed E-state index contributed by atoms with van der Waals surface area (Å²) in [5, 5.41) is 19.8. The van der Waals surface area contributed by atoms with Crippen molar-refractivity contribution in [1.29, 1.82) is 0 Å². The van der Waals surface area contributed by atoms with Crippen LogP contribution in [0.3, 0.4) is 0 Å². The van der Waals surface area contributed by atoms with Crippen LogP contribution in [0.4, 0.5) is 5.69 Å². The van der Waals surface area contributed by atoms with E-state index in [1.807, 2.05) is 13.8 Å². The maximum Gasteiger partial charge on any atom is 0.335 e. The van der Waals surface area contributed by atoms with Crippen LogP contribution in [0.15, 0.2) is 23.1 Å². The Kier molecular flexibility index (Phi) is 6.16. The molecule has 0 heterocycles. The molecule has 1 N–H and O–H groups in total. The number of hydrogen-bond donors (Lipinski definition) is 1. The van der Waals surface area contributed by atoms with E-state index in [2.05, 4.69) is 0 Å². The normalized spacial score (nSPS) is 10.2. The molecule has 1 amide bonds. The van der Waals surface area contributed by atoms with Crippen molar-refractivity contribution in [3.05, 3.63) is 33.9 Å². The van der Waals surface area contributed by atoms with Gasteiger partial charge in [0.25, 0.3) is 5.69 Å². The van der Waals surface area contributed by atoms with Crippen LogP contribution in [0.25, 0.3) is 0 Å². The highest BCUT2D eigenvalue weighted by Gasteiger charge is 2.19. The second kappa shape index (κ2) is 7.63. The van der Waals surface area contributed by atoms with E-state index in [1.165, 1.54) is 12.1 Å². The van der Waals surface area contributed by atoms with E-state index in [0.717, 1.165) is 17.8 Å². The summed E-state index contributed by atoms with van der Waals surface area (Å²) in [5.74, 6) is -1.26. The predicted octanol–water partition coefficient (Wildman–Crippen LogP) is 2.25. The number of nitrogens with zero attached hydrogens (tertiary/aromatic N) is 2. The lowest BCUT2D eigenvalue weighted by molar-refractivity contribution is -0.387. The number of carbonyl (C=O) groups excluding carboxylic acids is 1. The van der Waals surface area contributed by atoms with Crippen molar-refractivity contribution in [3.63, 3.8) is 0 Å². The van der Waals surface area contributed by atoms with Crippen molar-refractivity contribution in [1.82, 2.24) is 4.90 Å². The van der Waals surface area contributed by atoms with Crippen LogP contribution in [0.2, 0.25) is 0 Å². The molecule has 0 radical (unpaired) electrons. The molecule has 1 rings (SSSR count). The zero-order chi connectivity index (χ0) is 16.0. The van der Waals surface area contributed by atoms with Gasteiger partial charge in [0.2, 0.25) is 5.91 Å². The van der Waals surface area contributed by atoms with Crippen LogP contribution in [0.1, 0.15) is 24.2 Å². The minimum absolute atomic E-state index is 0.0783. The zero-order valence-corrected chi connectivity index (χ0v) is 12.6. The molecule has 0 aromatic heterocycles. The van der Waals surface area contributed by atoms with Crippen LogP contribution in [-0.2, 0) is 4.79 Å². The molecule has 0 spiro atoms. The number of nitro groups is 1. The Hall–Kier alpha value is -2.09. The zero-order valence-electron chi connectivity index (χ0n) is 11.7. The minimum Gasteiger partial charge on any atom is -0.478 e. The maximum atomic E-state index is 11.9. The molecule has 7 nitrogen and oxygen atoms in total. The van der Waals surface area contributed by atoms with Crippen molar-refractivity contribution >= 4 is 29.3 Å². The molecule has 0 unspecified atom stereocenters. The van der Waals surface area contributed by atoms with Gasteiger partial charge in [-0.05, 0) is 26.0 Å². The number of thioether (sulfide) groups is 1. The van der Waals surface area contributed by atoms with E-state index in [0.29, 0.717) is 13.1 Å². The molecule has 0 saturated carbocycles. The molecule has 0 aliphatic heterocycles. The molecule has 21 heavy (non-hydrogen) atoms. The Morgan fingerprint density at radius 2 is 1.95 bits per heavy atom. The molecule has 0 aliphatic carbocycles. The Bertz CT molecular complexity index is 557. The average molecular weight is 312 g/mol. The number of carboxylic acid groups (broad SMARTS) is 1. The lowest BCUT2D eigenvalue weighted by Gasteiger charge is -2.18. The molecular weight excluding hydrogens is 296 g/mol. The second-order valence-corrected chi connectivity index (χ2v) is 5.12. The van der Waals surface area contributed by atoms with Gasteiger partial charge in [0.1, 0.15) is 0 Å². The number of benzene rings is 1. The first kappa shape index (κ1) is 17.0. The van der Waals surface area contributed by atoms with E-state index < -0.39 is 10.9 Å². The van der Waals surface area contributed by atoms with Crippen molar-refractivity contribution < 1.29 is 19.6 Å². The lowest BCUT2D eigenvalue weighted by Crippen LogP contribution is -2.31. The van der Waals surface area contributed by atoms with Gasteiger partial charge in [-0.3, -0.25) is 14.9 Å². The van der Waals surface area contributed by atoms with Crippen LogP contribution < -0.4 is 0 Å². The summed E-state index contributed by atoms with van der Waals surface area (Å²) >= 11 is 1.04. The molecule has 0 bridgehead atoms. The van der Waals surface area contributed by atoms with Gasteiger partial charge in [0, 0.05) is 19.2 Å². The number of carbonyl (C=O) groups is 2. The minimum atomic E-state index is -1.23. The number of rotatable bonds is 7. The third-order valence-electron chi connectivity index (χ3n) is 2.87. The molecule has 0 fully saturated rings. The summed E-state index contributed by atoms with van der Waals surface area (Å²) in [7, 11) is 0. The number of aromatic carboxylic acids is 1. The van der Waals surface area contributed by atoms with Crippen LogP contribution in [0, 0.1) is 10.1 Å². The first-order valence-electron chi connectivity index (χ1n) is 6.33. The van der Waals surface area contributed by atoms with Gasteiger partial charge in [-0.25, -0.2) is 4.79 Å². The molecule has 0 saturated heterocycles. The molecular formula is C13H16N2O5S. The third-order valence-corrected chi connectivity index (χ3v) is 3.92. The van der Waals surface area contributed by atoms with E-state index in [1.54, 1.807) is 4.90 Å². The maximum absolute atomic E-state index is 11.9. The smallest absolute Gasteiger partial charge is 0.335 e. The Morgan fingerprint density at radius 1 is 1.33 bits per heavy atom. The largest absolute Gasteiger partial charge is 0.478 e. The van der Waals surface area contributed by atoms with Crippen molar-refractivity contribution in [2.75, 3.05) is 18.8 Å². The number of amides is 1.